The SMILES string of the molecule is C[C@H](Cc1ccc2[nH]c(C(=O)NCC3CCC3)cc2c1)NC[C@H](CC(C)(C)[Si](C)(C)O)c1ccc(O)c(CO)c1. The fourth-order valence-electron chi connectivity index (χ4n) is 5.39. The fourth-order valence-corrected chi connectivity index (χ4v) is 6.14. The molecule has 3 aromatic rings. The van der Waals surface area contributed by atoms with E-state index in [0.717, 1.165) is 35.9 Å². The molecule has 1 aliphatic carbocycles. The Hall–Kier alpha value is -2.65. The number of carbonyl (C=O) groups is 1. The van der Waals surface area contributed by atoms with Crippen LogP contribution in [0.1, 0.15) is 79.6 Å². The van der Waals surface area contributed by atoms with E-state index in [0.29, 0.717) is 23.7 Å². The largest absolute Gasteiger partial charge is 0.508 e. The van der Waals surface area contributed by atoms with Gasteiger partial charge >= 0.3 is 0 Å². The van der Waals surface area contributed by atoms with Gasteiger partial charge in [0.25, 0.3) is 5.91 Å². The Morgan fingerprint density at radius 1 is 1.15 bits per heavy atom. The van der Waals surface area contributed by atoms with Crippen molar-refractivity contribution in [3.63, 3.8) is 0 Å². The molecular formula is C32H47N3O4Si. The number of amides is 1. The minimum absolute atomic E-state index is 0.0404. The zero-order valence-electron chi connectivity index (χ0n) is 24.7. The lowest BCUT2D eigenvalue weighted by molar-refractivity contribution is 0.0935. The third kappa shape index (κ3) is 7.35. The summed E-state index contributed by atoms with van der Waals surface area (Å²) in [4.78, 5) is 26.8. The van der Waals surface area contributed by atoms with E-state index in [-0.39, 0.29) is 35.3 Å². The number of aromatic nitrogens is 1. The molecule has 6 N–H and O–H groups in total. The van der Waals surface area contributed by atoms with Crippen LogP contribution in [0.5, 0.6) is 5.75 Å². The third-order valence-corrected chi connectivity index (χ3v) is 12.6. The molecule has 4 rings (SSSR count). The van der Waals surface area contributed by atoms with Crippen LogP contribution in [0.3, 0.4) is 0 Å². The maximum atomic E-state index is 12.6. The molecule has 1 fully saturated rings. The molecule has 0 bridgehead atoms. The Labute approximate surface area is 239 Å². The molecule has 218 valence electrons. The standard InChI is InChI=1S/C32H47N3O4Si/c1-21(13-23-9-11-28-25(14-23)16-29(35-28)31(38)34-18-22-7-6-8-22)33-19-27(17-32(2,3)40(4,5)39)24-10-12-30(37)26(15-24)20-36/h9-12,14-16,21-22,27,33,35-37,39H,6-8,13,17-20H2,1-5H3,(H,34,38)/t21-,27+/m1/s1. The molecule has 7 nitrogen and oxygen atoms in total. The highest BCUT2D eigenvalue weighted by Crippen LogP contribution is 2.44. The van der Waals surface area contributed by atoms with Gasteiger partial charge in [-0.15, -0.1) is 0 Å². The zero-order valence-corrected chi connectivity index (χ0v) is 25.7. The van der Waals surface area contributed by atoms with Gasteiger partial charge < -0.3 is 30.6 Å². The van der Waals surface area contributed by atoms with Gasteiger partial charge in [-0.25, -0.2) is 0 Å². The summed E-state index contributed by atoms with van der Waals surface area (Å²) in [5.74, 6) is 0.793. The number of aliphatic hydroxyl groups excluding tert-OH is 1. The number of hydrogen-bond acceptors (Lipinski definition) is 5. The summed E-state index contributed by atoms with van der Waals surface area (Å²) in [6.07, 6.45) is 5.31. The summed E-state index contributed by atoms with van der Waals surface area (Å²) in [5.41, 5.74) is 4.33. The molecule has 1 saturated carbocycles. The maximum absolute atomic E-state index is 12.6. The number of phenols is 1. The van der Waals surface area contributed by atoms with Crippen LogP contribution in [0.2, 0.25) is 18.1 Å². The number of fused-ring (bicyclic) bond motifs is 1. The number of aromatic hydroxyl groups is 1. The number of hydrogen-bond donors (Lipinski definition) is 6. The Balaban J connectivity index is 1.42. The maximum Gasteiger partial charge on any atom is 0.267 e. The number of aliphatic hydroxyl groups is 1. The monoisotopic (exact) mass is 565 g/mol. The number of benzene rings is 2. The smallest absolute Gasteiger partial charge is 0.267 e. The number of nitrogens with one attached hydrogen (secondary N) is 3. The minimum atomic E-state index is -2.43. The first kappa shape index (κ1) is 30.3. The molecule has 1 amide bonds. The van der Waals surface area contributed by atoms with Crippen LogP contribution in [-0.4, -0.2) is 53.3 Å². The number of rotatable bonds is 13. The normalized spacial score (nSPS) is 16.1. The van der Waals surface area contributed by atoms with Gasteiger partial charge in [-0.3, -0.25) is 4.79 Å². The highest BCUT2D eigenvalue weighted by atomic mass is 28.4. The first-order chi connectivity index (χ1) is 18.9. The lowest BCUT2D eigenvalue weighted by Crippen LogP contribution is -2.41. The molecule has 1 aliphatic rings. The van der Waals surface area contributed by atoms with Crippen molar-refractivity contribution < 1.29 is 19.8 Å². The Morgan fingerprint density at radius 2 is 1.90 bits per heavy atom. The van der Waals surface area contributed by atoms with E-state index in [4.69, 9.17) is 0 Å². The molecule has 2 atom stereocenters. The van der Waals surface area contributed by atoms with Crippen LogP contribution in [0.15, 0.2) is 42.5 Å². The predicted molar refractivity (Wildman–Crippen MR) is 164 cm³/mol. The van der Waals surface area contributed by atoms with Crippen molar-refractivity contribution >= 4 is 25.1 Å². The second kappa shape index (κ2) is 12.5. The van der Waals surface area contributed by atoms with E-state index in [1.165, 1.54) is 24.8 Å². The van der Waals surface area contributed by atoms with E-state index >= 15 is 0 Å². The van der Waals surface area contributed by atoms with Crippen LogP contribution >= 0.6 is 0 Å². The van der Waals surface area contributed by atoms with Gasteiger partial charge in [0.1, 0.15) is 11.4 Å². The molecular weight excluding hydrogens is 518 g/mol. The predicted octanol–water partition coefficient (Wildman–Crippen LogP) is 5.57. The van der Waals surface area contributed by atoms with Crippen LogP contribution in [-0.2, 0) is 13.0 Å². The average Bonchev–Trinajstić information content (AvgIpc) is 3.29. The van der Waals surface area contributed by atoms with Gasteiger partial charge in [0.05, 0.1) is 6.61 Å². The van der Waals surface area contributed by atoms with Gasteiger partial charge in [0.15, 0.2) is 8.32 Å². The summed E-state index contributed by atoms with van der Waals surface area (Å²) < 4.78 is 0. The number of aromatic amines is 1. The molecule has 8 heteroatoms. The Morgan fingerprint density at radius 3 is 2.55 bits per heavy atom. The van der Waals surface area contributed by atoms with Crippen molar-refractivity contribution in [2.24, 2.45) is 5.92 Å². The number of carbonyl (C=O) groups excluding carboxylic acids is 1. The van der Waals surface area contributed by atoms with Gasteiger partial charge in [0.2, 0.25) is 0 Å². The minimum Gasteiger partial charge on any atom is -0.508 e. The highest BCUT2D eigenvalue weighted by Gasteiger charge is 2.40. The summed E-state index contributed by atoms with van der Waals surface area (Å²) in [5, 5.41) is 27.4. The lowest BCUT2D eigenvalue weighted by Gasteiger charge is -2.38. The van der Waals surface area contributed by atoms with E-state index in [1.807, 2.05) is 37.4 Å². The quantitative estimate of drug-likeness (QED) is 0.152. The molecule has 0 saturated heterocycles. The molecule has 40 heavy (non-hydrogen) atoms. The zero-order chi connectivity index (χ0) is 29.1. The van der Waals surface area contributed by atoms with Gasteiger partial charge in [0, 0.05) is 35.6 Å². The van der Waals surface area contributed by atoms with Gasteiger partial charge in [-0.2, -0.15) is 0 Å². The average molecular weight is 566 g/mol. The van der Waals surface area contributed by atoms with E-state index < -0.39 is 8.32 Å². The fraction of sp³-hybridized carbons (Fsp3) is 0.531. The molecule has 2 aromatic carbocycles. The van der Waals surface area contributed by atoms with Crippen LogP contribution in [0.25, 0.3) is 10.9 Å². The van der Waals surface area contributed by atoms with Gasteiger partial charge in [-0.05, 0) is 104 Å². The highest BCUT2D eigenvalue weighted by molar-refractivity contribution is 6.72. The topological polar surface area (TPSA) is 118 Å². The molecule has 1 aromatic heterocycles. The second-order valence-electron chi connectivity index (χ2n) is 13.0. The summed E-state index contributed by atoms with van der Waals surface area (Å²) in [7, 11) is -2.43. The van der Waals surface area contributed by atoms with Crippen molar-refractivity contribution in [1.82, 2.24) is 15.6 Å². The summed E-state index contributed by atoms with van der Waals surface area (Å²) in [6, 6.07) is 13.9. The third-order valence-electron chi connectivity index (χ3n) is 9.12. The Bertz CT molecular complexity index is 1310. The van der Waals surface area contributed by atoms with Crippen molar-refractivity contribution in [1.29, 1.82) is 0 Å². The van der Waals surface area contributed by atoms with Crippen molar-refractivity contribution in [3.05, 3.63) is 64.8 Å². The van der Waals surface area contributed by atoms with Crippen LogP contribution in [0.4, 0.5) is 0 Å². The second-order valence-corrected chi connectivity index (χ2v) is 17.5. The molecule has 0 aliphatic heterocycles. The van der Waals surface area contributed by atoms with E-state index in [1.54, 1.807) is 6.07 Å². The van der Waals surface area contributed by atoms with Crippen LogP contribution < -0.4 is 10.6 Å². The summed E-state index contributed by atoms with van der Waals surface area (Å²) in [6.45, 7) is 11.7. The first-order valence-corrected chi connectivity index (χ1v) is 17.6. The molecule has 0 spiro atoms. The first-order valence-electron chi connectivity index (χ1n) is 14.6. The van der Waals surface area contributed by atoms with Crippen molar-refractivity contribution in [2.75, 3.05) is 13.1 Å². The molecule has 0 radical (unpaired) electrons. The van der Waals surface area contributed by atoms with Crippen molar-refractivity contribution in [3.8, 4) is 5.75 Å². The molecule has 1 heterocycles. The van der Waals surface area contributed by atoms with E-state index in [2.05, 4.69) is 48.5 Å². The van der Waals surface area contributed by atoms with Crippen LogP contribution in [0, 0.1) is 5.92 Å². The van der Waals surface area contributed by atoms with E-state index in [9.17, 15) is 19.8 Å². The summed E-state index contributed by atoms with van der Waals surface area (Å²) >= 11 is 0. The van der Waals surface area contributed by atoms with Crippen molar-refractivity contribution in [2.45, 2.75) is 89.6 Å². The number of H-pyrrole nitrogens is 1. The van der Waals surface area contributed by atoms with Gasteiger partial charge in [-0.1, -0.05) is 32.4 Å². The molecule has 0 unspecified atom stereocenters. The Kier molecular flexibility index (Phi) is 9.45. The lowest BCUT2D eigenvalue weighted by atomic mass is 9.85.